The Morgan fingerprint density at radius 1 is 1.19 bits per heavy atom. The number of carbonyl (C=O) groups excluding carboxylic acids is 1. The quantitative estimate of drug-likeness (QED) is 0.632. The van der Waals surface area contributed by atoms with Crippen molar-refractivity contribution in [2.24, 2.45) is 7.05 Å². The molecule has 1 saturated heterocycles. The standard InChI is InChI=1S/C23H29N7O2/c1-14-11-30(12-15(2)26-14)23(31)18-7-5-17(6-8-18)19-9-20(22(24)25-10-19)32-13-21-27-16(3)28-29(21)4/h5-10,14-15,26H,11-13H2,1-4H3,(H2,24,25). The highest BCUT2D eigenvalue weighted by Crippen LogP contribution is 2.28. The highest BCUT2D eigenvalue weighted by Gasteiger charge is 2.25. The maximum absolute atomic E-state index is 12.9. The molecule has 0 saturated carbocycles. The molecule has 2 atom stereocenters. The van der Waals surface area contributed by atoms with Crippen molar-refractivity contribution in [3.8, 4) is 16.9 Å². The van der Waals surface area contributed by atoms with Crippen LogP contribution in [0.15, 0.2) is 36.5 Å². The first-order chi connectivity index (χ1) is 15.3. The van der Waals surface area contributed by atoms with E-state index in [1.807, 2.05) is 49.2 Å². The number of benzene rings is 1. The molecule has 0 spiro atoms. The first kappa shape index (κ1) is 21.8. The summed E-state index contributed by atoms with van der Waals surface area (Å²) in [5.74, 6) is 2.22. The summed E-state index contributed by atoms with van der Waals surface area (Å²) in [5.41, 5.74) is 8.46. The number of nitrogens with two attached hydrogens (primary N) is 1. The zero-order valence-corrected chi connectivity index (χ0v) is 18.9. The minimum atomic E-state index is 0.0511. The van der Waals surface area contributed by atoms with Crippen molar-refractivity contribution < 1.29 is 9.53 Å². The van der Waals surface area contributed by atoms with E-state index in [0.717, 1.165) is 11.1 Å². The molecule has 0 aliphatic carbocycles. The number of aromatic nitrogens is 4. The van der Waals surface area contributed by atoms with E-state index in [4.69, 9.17) is 10.5 Å². The molecule has 4 rings (SSSR count). The number of ether oxygens (including phenoxy) is 1. The minimum absolute atomic E-state index is 0.0511. The number of nitrogens with zero attached hydrogens (tertiary/aromatic N) is 5. The minimum Gasteiger partial charge on any atom is -0.482 e. The molecule has 1 aromatic carbocycles. The van der Waals surface area contributed by atoms with Crippen molar-refractivity contribution in [3.63, 3.8) is 0 Å². The lowest BCUT2D eigenvalue weighted by molar-refractivity contribution is 0.0674. The Morgan fingerprint density at radius 3 is 2.50 bits per heavy atom. The summed E-state index contributed by atoms with van der Waals surface area (Å²) in [4.78, 5) is 23.4. The average Bonchev–Trinajstić information content (AvgIpc) is 3.09. The van der Waals surface area contributed by atoms with Gasteiger partial charge in [-0.3, -0.25) is 4.79 Å². The van der Waals surface area contributed by atoms with E-state index in [9.17, 15) is 4.79 Å². The van der Waals surface area contributed by atoms with Crippen molar-refractivity contribution in [1.29, 1.82) is 0 Å². The molecule has 1 aliphatic heterocycles. The van der Waals surface area contributed by atoms with Crippen LogP contribution in [0, 0.1) is 6.92 Å². The smallest absolute Gasteiger partial charge is 0.253 e. The molecule has 1 aliphatic rings. The van der Waals surface area contributed by atoms with Gasteiger partial charge in [-0.1, -0.05) is 12.1 Å². The number of rotatable bonds is 5. The van der Waals surface area contributed by atoms with Crippen LogP contribution in [-0.2, 0) is 13.7 Å². The van der Waals surface area contributed by atoms with Crippen LogP contribution in [0.1, 0.15) is 35.9 Å². The van der Waals surface area contributed by atoms with E-state index in [1.165, 1.54) is 0 Å². The molecule has 0 radical (unpaired) electrons. The maximum atomic E-state index is 12.9. The van der Waals surface area contributed by atoms with Gasteiger partial charge >= 0.3 is 0 Å². The average molecular weight is 436 g/mol. The van der Waals surface area contributed by atoms with E-state index in [1.54, 1.807) is 10.9 Å². The predicted molar refractivity (Wildman–Crippen MR) is 122 cm³/mol. The Bertz CT molecular complexity index is 1100. The number of carbonyl (C=O) groups is 1. The van der Waals surface area contributed by atoms with Crippen LogP contribution in [-0.4, -0.2) is 55.7 Å². The summed E-state index contributed by atoms with van der Waals surface area (Å²) in [7, 11) is 1.82. The number of nitrogen functional groups attached to an aromatic ring is 1. The highest BCUT2D eigenvalue weighted by molar-refractivity contribution is 5.95. The van der Waals surface area contributed by atoms with Gasteiger partial charge in [0.1, 0.15) is 12.4 Å². The molecule has 1 amide bonds. The first-order valence-corrected chi connectivity index (χ1v) is 10.7. The SMILES string of the molecule is Cc1nc(COc2cc(-c3ccc(C(=O)N4CC(C)NC(C)C4)cc3)cnc2N)n(C)n1. The lowest BCUT2D eigenvalue weighted by Crippen LogP contribution is -2.55. The van der Waals surface area contributed by atoms with Crippen molar-refractivity contribution in [2.45, 2.75) is 39.5 Å². The molecule has 1 fully saturated rings. The molecule has 32 heavy (non-hydrogen) atoms. The number of aryl methyl sites for hydroxylation is 2. The fraction of sp³-hybridized carbons (Fsp3) is 0.391. The van der Waals surface area contributed by atoms with E-state index in [-0.39, 0.29) is 24.6 Å². The van der Waals surface area contributed by atoms with Gasteiger partial charge in [0.25, 0.3) is 5.91 Å². The number of hydrogen-bond acceptors (Lipinski definition) is 7. The number of piperazine rings is 1. The van der Waals surface area contributed by atoms with Gasteiger partial charge in [0.2, 0.25) is 0 Å². The van der Waals surface area contributed by atoms with Crippen LogP contribution in [0.4, 0.5) is 5.82 Å². The summed E-state index contributed by atoms with van der Waals surface area (Å²) in [6.07, 6.45) is 1.70. The summed E-state index contributed by atoms with van der Waals surface area (Å²) < 4.78 is 7.54. The Kier molecular flexibility index (Phi) is 6.09. The van der Waals surface area contributed by atoms with Crippen molar-refractivity contribution in [1.82, 2.24) is 30.0 Å². The van der Waals surface area contributed by atoms with Crippen LogP contribution in [0.5, 0.6) is 5.75 Å². The van der Waals surface area contributed by atoms with Crippen LogP contribution < -0.4 is 15.8 Å². The highest BCUT2D eigenvalue weighted by atomic mass is 16.5. The number of anilines is 1. The fourth-order valence-electron chi connectivity index (χ4n) is 4.03. The van der Waals surface area contributed by atoms with Gasteiger partial charge in [0.15, 0.2) is 17.4 Å². The summed E-state index contributed by atoms with van der Waals surface area (Å²) in [6.45, 7) is 7.67. The topological polar surface area (TPSA) is 111 Å². The van der Waals surface area contributed by atoms with Gasteiger partial charge in [-0.25, -0.2) is 14.6 Å². The van der Waals surface area contributed by atoms with Crippen molar-refractivity contribution >= 4 is 11.7 Å². The van der Waals surface area contributed by atoms with Crippen LogP contribution in [0.25, 0.3) is 11.1 Å². The maximum Gasteiger partial charge on any atom is 0.253 e. The largest absolute Gasteiger partial charge is 0.482 e. The Balaban J connectivity index is 1.48. The molecule has 0 bridgehead atoms. The van der Waals surface area contributed by atoms with Crippen LogP contribution >= 0.6 is 0 Å². The van der Waals surface area contributed by atoms with Gasteiger partial charge in [-0.05, 0) is 44.5 Å². The molecule has 3 N–H and O–H groups in total. The van der Waals surface area contributed by atoms with Gasteiger partial charge in [-0.2, -0.15) is 5.10 Å². The number of nitrogens with one attached hydrogen (secondary N) is 1. The Morgan fingerprint density at radius 2 is 1.88 bits per heavy atom. The number of hydrogen-bond donors (Lipinski definition) is 2. The second kappa shape index (κ2) is 8.96. The van der Waals surface area contributed by atoms with E-state index < -0.39 is 0 Å². The van der Waals surface area contributed by atoms with Crippen molar-refractivity contribution in [3.05, 3.63) is 53.7 Å². The molecule has 3 aromatic rings. The van der Waals surface area contributed by atoms with Gasteiger partial charge < -0.3 is 20.7 Å². The van der Waals surface area contributed by atoms with E-state index in [2.05, 4.69) is 34.2 Å². The predicted octanol–water partition coefficient (Wildman–Crippen LogP) is 2.17. The van der Waals surface area contributed by atoms with Crippen molar-refractivity contribution in [2.75, 3.05) is 18.8 Å². The normalized spacial score (nSPS) is 18.6. The van der Waals surface area contributed by atoms with Crippen LogP contribution in [0.3, 0.4) is 0 Å². The second-order valence-electron chi connectivity index (χ2n) is 8.35. The molecular formula is C23H29N7O2. The zero-order chi connectivity index (χ0) is 22.8. The van der Waals surface area contributed by atoms with Crippen LogP contribution in [0.2, 0.25) is 0 Å². The molecule has 2 aromatic heterocycles. The van der Waals surface area contributed by atoms with Gasteiger partial charge in [-0.15, -0.1) is 0 Å². The monoisotopic (exact) mass is 435 g/mol. The summed E-state index contributed by atoms with van der Waals surface area (Å²) in [6, 6.07) is 9.97. The summed E-state index contributed by atoms with van der Waals surface area (Å²) >= 11 is 0. The molecule has 2 unspecified atom stereocenters. The van der Waals surface area contributed by atoms with Gasteiger partial charge in [0.05, 0.1) is 0 Å². The zero-order valence-electron chi connectivity index (χ0n) is 18.9. The Labute approximate surface area is 187 Å². The fourth-order valence-corrected chi connectivity index (χ4v) is 4.03. The second-order valence-corrected chi connectivity index (χ2v) is 8.35. The lowest BCUT2D eigenvalue weighted by atomic mass is 10.0. The van der Waals surface area contributed by atoms with Gasteiger partial charge in [0, 0.05) is 49.5 Å². The molecule has 168 valence electrons. The van der Waals surface area contributed by atoms with E-state index in [0.29, 0.717) is 41.9 Å². The third-order valence-electron chi connectivity index (χ3n) is 5.51. The number of pyridine rings is 1. The molecule has 9 nitrogen and oxygen atoms in total. The van der Waals surface area contributed by atoms with E-state index >= 15 is 0 Å². The summed E-state index contributed by atoms with van der Waals surface area (Å²) in [5, 5.41) is 7.67. The molecule has 9 heteroatoms. The lowest BCUT2D eigenvalue weighted by Gasteiger charge is -2.36. The Hall–Kier alpha value is -3.46. The molecular weight excluding hydrogens is 406 g/mol. The number of amides is 1. The first-order valence-electron chi connectivity index (χ1n) is 10.7. The molecule has 3 heterocycles. The third-order valence-corrected chi connectivity index (χ3v) is 5.51. The third kappa shape index (κ3) is 4.72.